The molecule has 0 spiro atoms. The highest BCUT2D eigenvalue weighted by Crippen LogP contribution is 2.29. The number of ketones is 1. The third-order valence-corrected chi connectivity index (χ3v) is 7.46. The number of carbonyl (C=O) groups excluding carboxylic acids is 1. The maximum atomic E-state index is 13.3. The summed E-state index contributed by atoms with van der Waals surface area (Å²) in [5, 5.41) is 2.12. The highest BCUT2D eigenvalue weighted by Gasteiger charge is 2.21. The zero-order valence-electron chi connectivity index (χ0n) is 21.7. The smallest absolute Gasteiger partial charge is 0.163 e. The molecule has 2 heterocycles. The number of benzene rings is 1. The van der Waals surface area contributed by atoms with Crippen molar-refractivity contribution in [3.63, 3.8) is 0 Å². The molecule has 0 amide bonds. The Balaban J connectivity index is 1.84. The Labute approximate surface area is 209 Å². The Morgan fingerprint density at radius 1 is 1.15 bits per heavy atom. The van der Waals surface area contributed by atoms with Crippen LogP contribution in [-0.2, 0) is 11.2 Å². The number of imidazole rings is 1. The Bertz CT molecular complexity index is 1020. The number of aromatic nitrogens is 2. The average Bonchev–Trinajstić information content (AvgIpc) is 3.45. The van der Waals surface area contributed by atoms with Gasteiger partial charge in [0.05, 0.1) is 11.0 Å². The first-order valence-electron chi connectivity index (χ1n) is 13.1. The number of hydrogen-bond acceptors (Lipinski definition) is 4. The summed E-state index contributed by atoms with van der Waals surface area (Å²) in [6.45, 7) is 12.5. The molecule has 2 aromatic heterocycles. The van der Waals surface area contributed by atoms with Crippen LogP contribution in [0.3, 0.4) is 0 Å². The van der Waals surface area contributed by atoms with E-state index in [1.807, 2.05) is 12.1 Å². The summed E-state index contributed by atoms with van der Waals surface area (Å²) in [7, 11) is 0. The van der Waals surface area contributed by atoms with Crippen LogP contribution < -0.4 is 0 Å². The molecule has 0 saturated carbocycles. The van der Waals surface area contributed by atoms with Gasteiger partial charge in [0.15, 0.2) is 5.78 Å². The number of ether oxygens (including phenoxy) is 1. The largest absolute Gasteiger partial charge is 0.381 e. The summed E-state index contributed by atoms with van der Waals surface area (Å²) in [5.74, 6) is 2.10. The number of unbranched alkanes of at least 4 members (excludes halogenated alkanes) is 1. The molecule has 0 aliphatic carbocycles. The van der Waals surface area contributed by atoms with Crippen molar-refractivity contribution >= 4 is 28.2 Å². The standard InChI is InChI=1S/C29H42N2O2S/c1-6-9-14-33-20-22(16-21(4)5)17-28(32)23-12-13-27-26(18-23)30-29(19-25-11-10-15-34-25)31(27)24(7-2)8-3/h10-13,15,18,21-22,24H,6-9,14,16-17,19-20H2,1-5H3/t22-/m1/s1. The molecule has 0 radical (unpaired) electrons. The summed E-state index contributed by atoms with van der Waals surface area (Å²) in [4.78, 5) is 19.6. The van der Waals surface area contributed by atoms with E-state index in [1.54, 1.807) is 11.3 Å². The van der Waals surface area contributed by atoms with E-state index in [-0.39, 0.29) is 11.7 Å². The second-order valence-corrected chi connectivity index (χ2v) is 10.9. The van der Waals surface area contributed by atoms with Crippen LogP contribution in [0.1, 0.15) is 100 Å². The molecule has 4 nitrogen and oxygen atoms in total. The zero-order valence-corrected chi connectivity index (χ0v) is 22.5. The van der Waals surface area contributed by atoms with Gasteiger partial charge in [-0.3, -0.25) is 4.79 Å². The highest BCUT2D eigenvalue weighted by molar-refractivity contribution is 7.09. The monoisotopic (exact) mass is 482 g/mol. The molecule has 0 aliphatic rings. The van der Waals surface area contributed by atoms with Crippen molar-refractivity contribution in [2.75, 3.05) is 13.2 Å². The molecule has 0 bridgehead atoms. The van der Waals surface area contributed by atoms with E-state index < -0.39 is 0 Å². The van der Waals surface area contributed by atoms with E-state index in [0.717, 1.165) is 67.6 Å². The fourth-order valence-corrected chi connectivity index (χ4v) is 5.53. The third-order valence-electron chi connectivity index (χ3n) is 6.58. The van der Waals surface area contributed by atoms with E-state index in [9.17, 15) is 4.79 Å². The van der Waals surface area contributed by atoms with Gasteiger partial charge in [-0.05, 0) is 67.2 Å². The van der Waals surface area contributed by atoms with E-state index in [0.29, 0.717) is 25.0 Å². The van der Waals surface area contributed by atoms with Gasteiger partial charge >= 0.3 is 0 Å². The van der Waals surface area contributed by atoms with Crippen LogP contribution >= 0.6 is 11.3 Å². The van der Waals surface area contributed by atoms with Gasteiger partial charge in [-0.25, -0.2) is 4.98 Å². The number of carbonyl (C=O) groups is 1. The SMILES string of the molecule is CCCCOC[C@@H](CC(=O)c1ccc2c(c1)nc(Cc1cccs1)n2C(CC)CC)CC(C)C. The van der Waals surface area contributed by atoms with E-state index in [1.165, 1.54) is 4.88 Å². The summed E-state index contributed by atoms with van der Waals surface area (Å²) >= 11 is 1.77. The normalized spacial score (nSPS) is 12.8. The van der Waals surface area contributed by atoms with Crippen molar-refractivity contribution in [2.45, 2.75) is 85.6 Å². The van der Waals surface area contributed by atoms with Gasteiger partial charge in [0.25, 0.3) is 0 Å². The molecule has 3 rings (SSSR count). The number of hydrogen-bond donors (Lipinski definition) is 0. The number of Topliss-reactive ketones (excluding diaryl/α,β-unsaturated/α-hetero) is 1. The molecule has 3 aromatic rings. The van der Waals surface area contributed by atoms with Gasteiger partial charge in [0.1, 0.15) is 5.82 Å². The predicted molar refractivity (Wildman–Crippen MR) is 144 cm³/mol. The van der Waals surface area contributed by atoms with Crippen molar-refractivity contribution in [3.05, 3.63) is 52.0 Å². The lowest BCUT2D eigenvalue weighted by atomic mass is 9.91. The fourth-order valence-electron chi connectivity index (χ4n) is 4.83. The Kier molecular flexibility index (Phi) is 10.3. The van der Waals surface area contributed by atoms with Gasteiger partial charge in [-0.1, -0.05) is 47.1 Å². The van der Waals surface area contributed by atoms with Crippen LogP contribution in [-0.4, -0.2) is 28.5 Å². The molecule has 1 aromatic carbocycles. The van der Waals surface area contributed by atoms with Crippen LogP contribution in [0.15, 0.2) is 35.7 Å². The van der Waals surface area contributed by atoms with Gasteiger partial charge in [-0.15, -0.1) is 11.3 Å². The van der Waals surface area contributed by atoms with Crippen molar-refractivity contribution in [2.24, 2.45) is 11.8 Å². The maximum Gasteiger partial charge on any atom is 0.163 e. The Morgan fingerprint density at radius 3 is 2.59 bits per heavy atom. The minimum absolute atomic E-state index is 0.198. The van der Waals surface area contributed by atoms with Crippen LogP contribution in [0.4, 0.5) is 0 Å². The minimum Gasteiger partial charge on any atom is -0.381 e. The molecular weight excluding hydrogens is 440 g/mol. The van der Waals surface area contributed by atoms with Gasteiger partial charge in [0.2, 0.25) is 0 Å². The Morgan fingerprint density at radius 2 is 1.94 bits per heavy atom. The first-order valence-corrected chi connectivity index (χ1v) is 14.0. The molecule has 0 unspecified atom stereocenters. The van der Waals surface area contributed by atoms with Crippen LogP contribution in [0.2, 0.25) is 0 Å². The maximum absolute atomic E-state index is 13.3. The molecular formula is C29H42N2O2S. The summed E-state index contributed by atoms with van der Waals surface area (Å²) in [6.07, 6.45) is 6.71. The fraction of sp³-hybridized carbons (Fsp3) is 0.586. The van der Waals surface area contributed by atoms with Crippen LogP contribution in [0.5, 0.6) is 0 Å². The first kappa shape index (κ1) is 26.6. The number of thiophene rings is 1. The van der Waals surface area contributed by atoms with E-state index >= 15 is 0 Å². The minimum atomic E-state index is 0.198. The van der Waals surface area contributed by atoms with Crippen LogP contribution in [0, 0.1) is 11.8 Å². The zero-order chi connectivity index (χ0) is 24.5. The first-order chi connectivity index (χ1) is 16.5. The lowest BCUT2D eigenvalue weighted by Crippen LogP contribution is -2.17. The molecule has 34 heavy (non-hydrogen) atoms. The Hall–Kier alpha value is -1.98. The number of rotatable bonds is 15. The van der Waals surface area contributed by atoms with Gasteiger partial charge in [0, 0.05) is 42.5 Å². The van der Waals surface area contributed by atoms with Gasteiger partial charge < -0.3 is 9.30 Å². The second-order valence-electron chi connectivity index (χ2n) is 9.88. The number of fused-ring (bicyclic) bond motifs is 1. The lowest BCUT2D eigenvalue weighted by Gasteiger charge is -2.19. The molecule has 0 aliphatic heterocycles. The van der Waals surface area contributed by atoms with E-state index in [2.05, 4.69) is 62.8 Å². The molecule has 5 heteroatoms. The predicted octanol–water partition coefficient (Wildman–Crippen LogP) is 8.10. The molecule has 0 saturated heterocycles. The molecule has 0 N–H and O–H groups in total. The topological polar surface area (TPSA) is 44.1 Å². The lowest BCUT2D eigenvalue weighted by molar-refractivity contribution is 0.0747. The molecule has 186 valence electrons. The van der Waals surface area contributed by atoms with Crippen molar-refractivity contribution in [1.29, 1.82) is 0 Å². The van der Waals surface area contributed by atoms with Crippen molar-refractivity contribution in [1.82, 2.24) is 9.55 Å². The molecule has 1 atom stereocenters. The van der Waals surface area contributed by atoms with Gasteiger partial charge in [-0.2, -0.15) is 0 Å². The van der Waals surface area contributed by atoms with Crippen molar-refractivity contribution < 1.29 is 9.53 Å². The average molecular weight is 483 g/mol. The summed E-state index contributed by atoms with van der Waals surface area (Å²) in [5.41, 5.74) is 2.84. The highest BCUT2D eigenvalue weighted by atomic mass is 32.1. The van der Waals surface area contributed by atoms with Crippen LogP contribution in [0.25, 0.3) is 11.0 Å². The summed E-state index contributed by atoms with van der Waals surface area (Å²) in [6, 6.07) is 10.8. The van der Waals surface area contributed by atoms with Crippen molar-refractivity contribution in [3.8, 4) is 0 Å². The quantitative estimate of drug-likeness (QED) is 0.162. The summed E-state index contributed by atoms with van der Waals surface area (Å²) < 4.78 is 8.31. The number of nitrogens with zero attached hydrogens (tertiary/aromatic N) is 2. The third kappa shape index (κ3) is 7.02. The second kappa shape index (κ2) is 13.2. The van der Waals surface area contributed by atoms with E-state index in [4.69, 9.17) is 9.72 Å². The molecule has 0 fully saturated rings.